The Morgan fingerprint density at radius 2 is 1.37 bits per heavy atom. The molecule has 3 atom stereocenters. The SMILES string of the molecule is CC(C(=O)NCC(=O)NCCCCCC#Cc1cncc([C@H](CC(=O)O)NC(=O)[C@@H]2CCCN(C(=O)CCC3CCNCC3)C2)c1)N1CCN(CC(=O)O)CCN(CC(=O)O)CCN(CC(=O)O)CC1. The Bertz CT molecular complexity index is 1940. The van der Waals surface area contributed by atoms with E-state index in [1.807, 2.05) is 4.90 Å². The Morgan fingerprint density at radius 3 is 1.97 bits per heavy atom. The molecule has 1 aromatic heterocycles. The molecule has 4 rings (SSSR count). The van der Waals surface area contributed by atoms with Gasteiger partial charge in [-0.15, -0.1) is 0 Å². The fourth-order valence-corrected chi connectivity index (χ4v) is 8.95. The van der Waals surface area contributed by atoms with Gasteiger partial charge in [-0.2, -0.15) is 0 Å². The first-order valence-corrected chi connectivity index (χ1v) is 24.6. The lowest BCUT2D eigenvalue weighted by molar-refractivity contribution is -0.140. The maximum absolute atomic E-state index is 13.5. The fraction of sp³-hybridized carbons (Fsp3) is 0.688. The van der Waals surface area contributed by atoms with Crippen molar-refractivity contribution < 1.29 is 58.8 Å². The monoisotopic (exact) mass is 983 g/mol. The van der Waals surface area contributed by atoms with Gasteiger partial charge in [0.05, 0.1) is 50.6 Å². The Kier molecular flexibility index (Phi) is 25.0. The van der Waals surface area contributed by atoms with E-state index in [-0.39, 0.29) is 103 Å². The van der Waals surface area contributed by atoms with Gasteiger partial charge < -0.3 is 46.6 Å². The molecule has 1 aromatic rings. The van der Waals surface area contributed by atoms with Crippen molar-refractivity contribution in [3.8, 4) is 11.8 Å². The highest BCUT2D eigenvalue weighted by atomic mass is 16.4. The van der Waals surface area contributed by atoms with Crippen LogP contribution in [0.25, 0.3) is 0 Å². The van der Waals surface area contributed by atoms with Gasteiger partial charge in [-0.25, -0.2) is 0 Å². The van der Waals surface area contributed by atoms with E-state index in [9.17, 15) is 58.8 Å². The van der Waals surface area contributed by atoms with E-state index in [1.165, 1.54) is 6.20 Å². The molecule has 3 saturated heterocycles. The largest absolute Gasteiger partial charge is 0.481 e. The second-order valence-electron chi connectivity index (χ2n) is 18.5. The minimum Gasteiger partial charge on any atom is -0.481 e. The van der Waals surface area contributed by atoms with Crippen molar-refractivity contribution in [3.63, 3.8) is 0 Å². The number of carboxylic acids is 4. The van der Waals surface area contributed by atoms with E-state index < -0.39 is 47.8 Å². The first-order chi connectivity index (χ1) is 33.6. The molecule has 0 spiro atoms. The van der Waals surface area contributed by atoms with E-state index >= 15 is 0 Å². The second kappa shape index (κ2) is 30.8. The quantitative estimate of drug-likeness (QED) is 0.0518. The number of pyridine rings is 1. The van der Waals surface area contributed by atoms with Gasteiger partial charge in [0.2, 0.25) is 23.6 Å². The molecule has 0 radical (unpaired) electrons. The number of aliphatic carboxylic acids is 4. The van der Waals surface area contributed by atoms with Crippen molar-refractivity contribution in [1.29, 1.82) is 0 Å². The van der Waals surface area contributed by atoms with E-state index in [0.29, 0.717) is 68.8 Å². The average Bonchev–Trinajstić information content (AvgIpc) is 3.32. The molecular formula is C48H74N10O12. The number of unbranched alkanes of at least 4 members (excludes halogenated alkanes) is 3. The van der Waals surface area contributed by atoms with Crippen molar-refractivity contribution in [1.82, 2.24) is 50.8 Å². The topological polar surface area (TPSA) is 295 Å². The van der Waals surface area contributed by atoms with Gasteiger partial charge in [0.15, 0.2) is 0 Å². The van der Waals surface area contributed by atoms with Crippen LogP contribution in [0, 0.1) is 23.7 Å². The van der Waals surface area contributed by atoms with Crippen LogP contribution >= 0.6 is 0 Å². The summed E-state index contributed by atoms with van der Waals surface area (Å²) in [5.41, 5.74) is 1.09. The number of piperidine rings is 2. The van der Waals surface area contributed by atoms with Crippen molar-refractivity contribution in [3.05, 3.63) is 29.6 Å². The van der Waals surface area contributed by atoms with Gasteiger partial charge in [-0.3, -0.25) is 62.9 Å². The minimum atomic E-state index is -1.08. The van der Waals surface area contributed by atoms with Crippen molar-refractivity contribution >= 4 is 47.5 Å². The minimum absolute atomic E-state index is 0.0626. The normalized spacial score (nSPS) is 19.2. The highest BCUT2D eigenvalue weighted by Gasteiger charge is 2.31. The summed E-state index contributed by atoms with van der Waals surface area (Å²) in [7, 11) is 0. The molecule has 22 nitrogen and oxygen atoms in total. The van der Waals surface area contributed by atoms with Gasteiger partial charge in [0, 0.05) is 103 Å². The highest BCUT2D eigenvalue weighted by Crippen LogP contribution is 2.24. The molecule has 0 aliphatic carbocycles. The lowest BCUT2D eigenvalue weighted by Crippen LogP contribution is -2.53. The number of carbonyl (C=O) groups is 8. The maximum atomic E-state index is 13.5. The average molecular weight is 983 g/mol. The summed E-state index contributed by atoms with van der Waals surface area (Å²) in [5.74, 6) is 1.02. The summed E-state index contributed by atoms with van der Waals surface area (Å²) >= 11 is 0. The number of likely N-dealkylation sites (tertiary alicyclic amines) is 1. The third kappa shape index (κ3) is 21.9. The zero-order valence-electron chi connectivity index (χ0n) is 40.6. The molecule has 70 heavy (non-hydrogen) atoms. The number of nitrogens with zero attached hydrogens (tertiary/aromatic N) is 6. The Morgan fingerprint density at radius 1 is 0.757 bits per heavy atom. The van der Waals surface area contributed by atoms with Crippen LogP contribution in [0.3, 0.4) is 0 Å². The molecule has 4 heterocycles. The molecule has 0 aromatic carbocycles. The summed E-state index contributed by atoms with van der Waals surface area (Å²) in [6.45, 7) is 5.84. The summed E-state index contributed by atoms with van der Waals surface area (Å²) in [6, 6.07) is 0.162. The van der Waals surface area contributed by atoms with Gasteiger partial charge in [-0.1, -0.05) is 18.3 Å². The van der Waals surface area contributed by atoms with Crippen LogP contribution in [0.5, 0.6) is 0 Å². The molecule has 3 aliphatic rings. The Labute approximate surface area is 410 Å². The van der Waals surface area contributed by atoms with Crippen LogP contribution in [0.2, 0.25) is 0 Å². The maximum Gasteiger partial charge on any atom is 0.317 e. The molecular weight excluding hydrogens is 909 g/mol. The molecule has 3 aliphatic heterocycles. The van der Waals surface area contributed by atoms with Crippen LogP contribution in [-0.2, 0) is 38.4 Å². The summed E-state index contributed by atoms with van der Waals surface area (Å²) in [4.78, 5) is 112. The van der Waals surface area contributed by atoms with Crippen molar-refractivity contribution in [2.45, 2.75) is 89.6 Å². The Balaban J connectivity index is 1.18. The second-order valence-corrected chi connectivity index (χ2v) is 18.5. The summed E-state index contributed by atoms with van der Waals surface area (Å²) in [6.07, 6.45) is 10.2. The third-order valence-corrected chi connectivity index (χ3v) is 13.1. The van der Waals surface area contributed by atoms with Gasteiger partial charge in [-0.05, 0) is 82.5 Å². The molecule has 1 unspecified atom stereocenters. The van der Waals surface area contributed by atoms with E-state index in [2.05, 4.69) is 38.1 Å². The number of aromatic nitrogens is 1. The van der Waals surface area contributed by atoms with Gasteiger partial charge >= 0.3 is 23.9 Å². The van der Waals surface area contributed by atoms with Crippen molar-refractivity contribution in [2.75, 3.05) is 111 Å². The summed E-state index contributed by atoms with van der Waals surface area (Å²) < 4.78 is 0. The lowest BCUT2D eigenvalue weighted by Gasteiger charge is -2.35. The van der Waals surface area contributed by atoms with Gasteiger partial charge in [0.1, 0.15) is 0 Å². The van der Waals surface area contributed by atoms with Crippen LogP contribution in [0.15, 0.2) is 18.5 Å². The zero-order chi connectivity index (χ0) is 50.8. The first-order valence-electron chi connectivity index (χ1n) is 24.6. The molecule has 22 heteroatoms. The summed E-state index contributed by atoms with van der Waals surface area (Å²) in [5, 5.41) is 49.8. The van der Waals surface area contributed by atoms with Crippen molar-refractivity contribution in [2.24, 2.45) is 11.8 Å². The van der Waals surface area contributed by atoms with E-state index in [4.69, 9.17) is 0 Å². The highest BCUT2D eigenvalue weighted by molar-refractivity contribution is 5.87. The third-order valence-electron chi connectivity index (χ3n) is 13.1. The predicted molar refractivity (Wildman–Crippen MR) is 256 cm³/mol. The predicted octanol–water partition coefficient (Wildman–Crippen LogP) is -0.260. The number of carbonyl (C=O) groups excluding carboxylic acids is 4. The number of nitrogens with one attached hydrogen (secondary N) is 4. The molecule has 0 bridgehead atoms. The van der Waals surface area contributed by atoms with E-state index in [0.717, 1.165) is 45.2 Å². The van der Waals surface area contributed by atoms with E-state index in [1.54, 1.807) is 38.8 Å². The standard InChI is InChI=1S/C48H74N10O12/c1-35(57-24-22-55(33-45(65)66)20-18-54(32-44(63)64)19-21-56(23-25-57)34-46(67)68)47(69)52-30-41(59)51-14-6-4-2-3-5-8-37-26-39(29-50-28-37)40(27-43(61)62)53-48(70)38-9-7-17-58(31-38)42(60)11-10-36-12-15-49-16-13-36/h26,28-29,35-36,38,40,49H,2-4,6-7,9-25,27,30-34H2,1H3,(H,51,59)(H,52,69)(H,53,70)(H,61,62)(H,63,64)(H,65,66)(H,67,68)/t35?,38-,40+/m1/s1. The molecule has 0 saturated carbocycles. The van der Waals surface area contributed by atoms with Crippen LogP contribution in [0.4, 0.5) is 0 Å². The smallest absolute Gasteiger partial charge is 0.317 e. The molecule has 3 fully saturated rings. The number of rotatable bonds is 23. The lowest BCUT2D eigenvalue weighted by atomic mass is 9.92. The number of hydrogen-bond acceptors (Lipinski definition) is 14. The fourth-order valence-electron chi connectivity index (χ4n) is 8.95. The first kappa shape index (κ1) is 56.9. The zero-order valence-corrected chi connectivity index (χ0v) is 40.6. The Hall–Kier alpha value is -5.73. The van der Waals surface area contributed by atoms with Crippen LogP contribution in [-0.4, -0.2) is 215 Å². The molecule has 4 amide bonds. The van der Waals surface area contributed by atoms with Gasteiger partial charge in [0.25, 0.3) is 0 Å². The number of amides is 4. The van der Waals surface area contributed by atoms with Crippen LogP contribution in [0.1, 0.15) is 94.7 Å². The number of carboxylic acid groups (broad SMARTS) is 4. The molecule has 8 N–H and O–H groups in total. The molecule has 388 valence electrons. The number of hydrogen-bond donors (Lipinski definition) is 8. The van der Waals surface area contributed by atoms with Crippen LogP contribution < -0.4 is 21.3 Å².